The second kappa shape index (κ2) is 7.05. The summed E-state index contributed by atoms with van der Waals surface area (Å²) in [7, 11) is 1.61. The predicted octanol–water partition coefficient (Wildman–Crippen LogP) is 2.61. The Morgan fingerprint density at radius 2 is 1.92 bits per heavy atom. The molecule has 0 unspecified atom stereocenters. The molecular formula is C18H22N2O4. The number of carboxylic acids is 1. The lowest BCUT2D eigenvalue weighted by Gasteiger charge is -2.27. The average Bonchev–Trinajstić information content (AvgIpc) is 2.99. The predicted molar refractivity (Wildman–Crippen MR) is 90.5 cm³/mol. The molecule has 1 aromatic carbocycles. The molecule has 1 saturated heterocycles. The summed E-state index contributed by atoms with van der Waals surface area (Å²) < 4.78 is 6.94. The Morgan fingerprint density at radius 1 is 1.17 bits per heavy atom. The Kier molecular flexibility index (Phi) is 4.85. The molecule has 1 aliphatic rings. The highest BCUT2D eigenvalue weighted by Gasteiger charge is 2.24. The smallest absolute Gasteiger partial charge is 0.337 e. The number of carbonyl (C=O) groups excluding carboxylic acids is 1. The number of methoxy groups -OCH3 is 1. The van der Waals surface area contributed by atoms with Gasteiger partial charge in [-0.2, -0.15) is 0 Å². The third kappa shape index (κ3) is 3.01. The van der Waals surface area contributed by atoms with Crippen molar-refractivity contribution in [1.29, 1.82) is 0 Å². The molecule has 3 rings (SSSR count). The summed E-state index contributed by atoms with van der Waals surface area (Å²) in [5.74, 6) is -1.10. The van der Waals surface area contributed by atoms with E-state index < -0.39 is 5.97 Å². The molecule has 6 heteroatoms. The Bertz CT molecular complexity index is 760. The number of benzene rings is 1. The minimum absolute atomic E-state index is 0.0766. The van der Waals surface area contributed by atoms with Crippen molar-refractivity contribution in [2.75, 3.05) is 26.8 Å². The van der Waals surface area contributed by atoms with Crippen molar-refractivity contribution in [2.45, 2.75) is 25.8 Å². The first-order chi connectivity index (χ1) is 11.6. The number of hydrogen-bond donors (Lipinski definition) is 1. The molecule has 0 bridgehead atoms. The van der Waals surface area contributed by atoms with Gasteiger partial charge in [0.15, 0.2) is 0 Å². The lowest BCUT2D eigenvalue weighted by molar-refractivity contribution is 0.0698. The quantitative estimate of drug-likeness (QED) is 0.915. The zero-order valence-corrected chi connectivity index (χ0v) is 13.8. The summed E-state index contributed by atoms with van der Waals surface area (Å²) in [4.78, 5) is 26.4. The monoisotopic (exact) mass is 330 g/mol. The number of fused-ring (bicyclic) bond motifs is 1. The molecule has 0 aliphatic carbocycles. The number of carbonyl (C=O) groups is 2. The van der Waals surface area contributed by atoms with Crippen LogP contribution in [0.15, 0.2) is 24.4 Å². The standard InChI is InChI=1S/C18H22N2O4/c1-24-11-10-20-12-14(18(22)23)16-13(6-5-7-15(16)20)17(21)19-8-3-2-4-9-19/h5-7,12H,2-4,8-11H2,1H3,(H,22,23). The highest BCUT2D eigenvalue weighted by molar-refractivity contribution is 6.14. The third-order valence-electron chi connectivity index (χ3n) is 4.55. The van der Waals surface area contributed by atoms with Crippen LogP contribution < -0.4 is 0 Å². The van der Waals surface area contributed by atoms with E-state index in [2.05, 4.69) is 0 Å². The summed E-state index contributed by atoms with van der Waals surface area (Å²) in [6.45, 7) is 2.50. The van der Waals surface area contributed by atoms with Gasteiger partial charge in [-0.25, -0.2) is 4.79 Å². The van der Waals surface area contributed by atoms with Crippen molar-refractivity contribution < 1.29 is 19.4 Å². The van der Waals surface area contributed by atoms with E-state index in [4.69, 9.17) is 4.74 Å². The van der Waals surface area contributed by atoms with E-state index in [9.17, 15) is 14.7 Å². The molecular weight excluding hydrogens is 308 g/mol. The fourth-order valence-electron chi connectivity index (χ4n) is 3.33. The summed E-state index contributed by atoms with van der Waals surface area (Å²) in [6.07, 6.45) is 4.74. The van der Waals surface area contributed by atoms with E-state index in [0.29, 0.717) is 24.1 Å². The average molecular weight is 330 g/mol. The molecule has 0 saturated carbocycles. The van der Waals surface area contributed by atoms with Gasteiger partial charge in [0.1, 0.15) is 0 Å². The number of ether oxygens (including phenoxy) is 1. The number of hydrogen-bond acceptors (Lipinski definition) is 3. The molecule has 0 radical (unpaired) electrons. The number of aromatic nitrogens is 1. The fraction of sp³-hybridized carbons (Fsp3) is 0.444. The second-order valence-electron chi connectivity index (χ2n) is 6.09. The lowest BCUT2D eigenvalue weighted by Crippen LogP contribution is -2.35. The number of rotatable bonds is 5. The third-order valence-corrected chi connectivity index (χ3v) is 4.55. The first-order valence-corrected chi connectivity index (χ1v) is 8.27. The highest BCUT2D eigenvalue weighted by atomic mass is 16.5. The van der Waals surface area contributed by atoms with Crippen LogP contribution in [0.25, 0.3) is 10.9 Å². The Morgan fingerprint density at radius 3 is 2.58 bits per heavy atom. The fourth-order valence-corrected chi connectivity index (χ4v) is 3.33. The first-order valence-electron chi connectivity index (χ1n) is 8.27. The van der Waals surface area contributed by atoms with Gasteiger partial charge in [-0.1, -0.05) is 6.07 Å². The van der Waals surface area contributed by atoms with Crippen LogP contribution in [-0.2, 0) is 11.3 Å². The van der Waals surface area contributed by atoms with Crippen LogP contribution in [0.1, 0.15) is 40.0 Å². The molecule has 1 N–H and O–H groups in total. The van der Waals surface area contributed by atoms with Crippen molar-refractivity contribution in [3.63, 3.8) is 0 Å². The molecule has 0 spiro atoms. The van der Waals surface area contributed by atoms with E-state index in [0.717, 1.165) is 37.9 Å². The molecule has 128 valence electrons. The number of piperidine rings is 1. The maximum absolute atomic E-state index is 12.9. The molecule has 1 aliphatic heterocycles. The number of aromatic carboxylic acids is 1. The van der Waals surface area contributed by atoms with Crippen LogP contribution in [0.5, 0.6) is 0 Å². The van der Waals surface area contributed by atoms with E-state index >= 15 is 0 Å². The van der Waals surface area contributed by atoms with Crippen LogP contribution in [-0.4, -0.2) is 53.3 Å². The van der Waals surface area contributed by atoms with Gasteiger partial charge >= 0.3 is 5.97 Å². The summed E-state index contributed by atoms with van der Waals surface area (Å²) in [6, 6.07) is 5.39. The first kappa shape index (κ1) is 16.5. The molecule has 1 fully saturated rings. The van der Waals surface area contributed by atoms with Crippen LogP contribution in [0.2, 0.25) is 0 Å². The highest BCUT2D eigenvalue weighted by Crippen LogP contribution is 2.27. The van der Waals surface area contributed by atoms with Crippen LogP contribution in [0, 0.1) is 0 Å². The van der Waals surface area contributed by atoms with E-state index in [-0.39, 0.29) is 11.5 Å². The van der Waals surface area contributed by atoms with Crippen LogP contribution in [0.4, 0.5) is 0 Å². The van der Waals surface area contributed by atoms with Gasteiger partial charge in [0.2, 0.25) is 0 Å². The minimum Gasteiger partial charge on any atom is -0.478 e. The number of likely N-dealkylation sites (tertiary alicyclic amines) is 1. The Labute approximate surface area is 140 Å². The van der Waals surface area contributed by atoms with E-state index in [1.165, 1.54) is 0 Å². The Hall–Kier alpha value is -2.34. The van der Waals surface area contributed by atoms with Gasteiger partial charge in [-0.15, -0.1) is 0 Å². The van der Waals surface area contributed by atoms with Crippen molar-refractivity contribution in [2.24, 2.45) is 0 Å². The van der Waals surface area contributed by atoms with Gasteiger partial charge in [0.25, 0.3) is 5.91 Å². The lowest BCUT2D eigenvalue weighted by atomic mass is 10.0. The molecule has 2 heterocycles. The number of carboxylic acid groups (broad SMARTS) is 1. The largest absolute Gasteiger partial charge is 0.478 e. The van der Waals surface area contributed by atoms with Gasteiger partial charge in [-0.05, 0) is 31.4 Å². The van der Waals surface area contributed by atoms with Gasteiger partial charge in [-0.3, -0.25) is 4.79 Å². The van der Waals surface area contributed by atoms with E-state index in [1.807, 2.05) is 21.6 Å². The van der Waals surface area contributed by atoms with Crippen LogP contribution in [0.3, 0.4) is 0 Å². The van der Waals surface area contributed by atoms with Crippen molar-refractivity contribution >= 4 is 22.8 Å². The summed E-state index contributed by atoms with van der Waals surface area (Å²) in [5.41, 5.74) is 1.40. The maximum atomic E-state index is 12.9. The normalized spacial score (nSPS) is 15.0. The molecule has 24 heavy (non-hydrogen) atoms. The zero-order chi connectivity index (χ0) is 17.1. The van der Waals surface area contributed by atoms with Gasteiger partial charge in [0.05, 0.1) is 12.2 Å². The van der Waals surface area contributed by atoms with Crippen molar-refractivity contribution in [1.82, 2.24) is 9.47 Å². The molecule has 1 amide bonds. The van der Waals surface area contributed by atoms with Crippen LogP contribution >= 0.6 is 0 Å². The summed E-state index contributed by atoms with van der Waals surface area (Å²) >= 11 is 0. The van der Waals surface area contributed by atoms with Crippen molar-refractivity contribution in [3.05, 3.63) is 35.5 Å². The van der Waals surface area contributed by atoms with Gasteiger partial charge < -0.3 is 19.3 Å². The minimum atomic E-state index is -1.02. The molecule has 0 atom stereocenters. The maximum Gasteiger partial charge on any atom is 0.337 e. The molecule has 2 aromatic rings. The molecule has 6 nitrogen and oxygen atoms in total. The molecule has 1 aromatic heterocycles. The zero-order valence-electron chi connectivity index (χ0n) is 13.8. The number of amides is 1. The van der Waals surface area contributed by atoms with Crippen molar-refractivity contribution in [3.8, 4) is 0 Å². The number of nitrogens with zero attached hydrogens (tertiary/aromatic N) is 2. The topological polar surface area (TPSA) is 71.8 Å². The van der Waals surface area contributed by atoms with Gasteiger partial charge in [0, 0.05) is 49.4 Å². The Balaban J connectivity index is 2.09. The SMILES string of the molecule is COCCn1cc(C(=O)O)c2c(C(=O)N3CCCCC3)cccc21. The second-order valence-corrected chi connectivity index (χ2v) is 6.09. The summed E-state index contributed by atoms with van der Waals surface area (Å²) in [5, 5.41) is 10.1. The van der Waals surface area contributed by atoms with E-state index in [1.54, 1.807) is 19.4 Å².